The van der Waals surface area contributed by atoms with Crippen LogP contribution in [0, 0.1) is 12.3 Å². The van der Waals surface area contributed by atoms with Crippen molar-refractivity contribution >= 4 is 27.7 Å². The molecule has 0 aliphatic rings. The summed E-state index contributed by atoms with van der Waals surface area (Å²) in [6.45, 7) is 2.09. The average molecular weight is 361 g/mol. The number of nitrogens with one attached hydrogen (secondary N) is 1. The molecule has 0 fully saturated rings. The van der Waals surface area contributed by atoms with Gasteiger partial charge in [-0.15, -0.1) is 0 Å². The molecule has 1 heterocycles. The lowest BCUT2D eigenvalue weighted by molar-refractivity contribution is 0.669. The van der Waals surface area contributed by atoms with E-state index in [1.54, 1.807) is 0 Å². The van der Waals surface area contributed by atoms with Gasteiger partial charge in [0.05, 0.1) is 5.71 Å². The number of para-hydroxylation sites is 1. The van der Waals surface area contributed by atoms with Crippen molar-refractivity contribution in [2.75, 3.05) is 0 Å². The molecule has 0 aliphatic carbocycles. The van der Waals surface area contributed by atoms with Crippen LogP contribution < -0.4 is 0 Å². The first kappa shape index (κ1) is 16.5. The van der Waals surface area contributed by atoms with Gasteiger partial charge in [-0.05, 0) is 36.2 Å². The number of benzene rings is 4. The minimum atomic E-state index is 0.506. The Morgan fingerprint density at radius 1 is 0.714 bits per heavy atom. The Balaban J connectivity index is 1.82. The van der Waals surface area contributed by atoms with Gasteiger partial charge in [0.2, 0.25) is 0 Å². The second-order valence-corrected chi connectivity index (χ2v) is 7.10. The molecule has 0 radical (unpaired) electrons. The highest BCUT2D eigenvalue weighted by Gasteiger charge is 2.17. The Hall–Kier alpha value is -3.65. The quantitative estimate of drug-likeness (QED) is 0.346. The van der Waals surface area contributed by atoms with E-state index in [1.165, 1.54) is 5.56 Å². The van der Waals surface area contributed by atoms with Crippen molar-refractivity contribution in [1.29, 1.82) is 5.41 Å². The molecule has 0 spiro atoms. The summed E-state index contributed by atoms with van der Waals surface area (Å²) in [5.74, 6) is 0. The molecule has 0 atom stereocenters. The third kappa shape index (κ3) is 2.71. The first-order valence-electron chi connectivity index (χ1n) is 9.37. The summed E-state index contributed by atoms with van der Waals surface area (Å²) in [6.07, 6.45) is 0. The van der Waals surface area contributed by atoms with Crippen LogP contribution in [0.3, 0.4) is 0 Å². The van der Waals surface area contributed by atoms with Gasteiger partial charge in [0.15, 0.2) is 0 Å². The smallest absolute Gasteiger partial charge is 0.136 e. The van der Waals surface area contributed by atoms with Gasteiger partial charge in [-0.2, -0.15) is 0 Å². The van der Waals surface area contributed by atoms with Crippen LogP contribution in [0.2, 0.25) is 0 Å². The molecule has 28 heavy (non-hydrogen) atoms. The van der Waals surface area contributed by atoms with E-state index < -0.39 is 0 Å². The van der Waals surface area contributed by atoms with Crippen LogP contribution in [-0.2, 0) is 0 Å². The number of fused-ring (bicyclic) bond motifs is 3. The summed E-state index contributed by atoms with van der Waals surface area (Å²) in [7, 11) is 0. The van der Waals surface area contributed by atoms with Crippen LogP contribution in [0.4, 0.5) is 0 Å². The molecular formula is C26H19NO. The summed E-state index contributed by atoms with van der Waals surface area (Å²) >= 11 is 0. The lowest BCUT2D eigenvalue weighted by Gasteiger charge is -2.10. The fraction of sp³-hybridized carbons (Fsp3) is 0.0385. The van der Waals surface area contributed by atoms with E-state index in [0.29, 0.717) is 5.71 Å². The van der Waals surface area contributed by atoms with Crippen molar-refractivity contribution in [3.8, 4) is 11.1 Å². The van der Waals surface area contributed by atoms with Gasteiger partial charge in [-0.25, -0.2) is 0 Å². The highest BCUT2D eigenvalue weighted by atomic mass is 16.3. The van der Waals surface area contributed by atoms with Crippen LogP contribution in [-0.4, -0.2) is 5.71 Å². The molecule has 0 saturated heterocycles. The molecule has 0 aliphatic heterocycles. The van der Waals surface area contributed by atoms with E-state index in [4.69, 9.17) is 9.83 Å². The van der Waals surface area contributed by atoms with Crippen LogP contribution >= 0.6 is 0 Å². The summed E-state index contributed by atoms with van der Waals surface area (Å²) < 4.78 is 6.17. The van der Waals surface area contributed by atoms with E-state index in [2.05, 4.69) is 49.4 Å². The second-order valence-electron chi connectivity index (χ2n) is 7.10. The Morgan fingerprint density at radius 3 is 2.21 bits per heavy atom. The van der Waals surface area contributed by atoms with Crippen molar-refractivity contribution in [3.05, 3.63) is 108 Å². The molecule has 0 bridgehead atoms. The van der Waals surface area contributed by atoms with E-state index >= 15 is 0 Å². The van der Waals surface area contributed by atoms with E-state index in [9.17, 15) is 0 Å². The predicted octanol–water partition coefficient (Wildman–Crippen LogP) is 6.98. The van der Waals surface area contributed by atoms with Gasteiger partial charge in [0.25, 0.3) is 0 Å². The molecule has 134 valence electrons. The normalized spacial score (nSPS) is 11.2. The molecule has 5 rings (SSSR count). The van der Waals surface area contributed by atoms with Crippen molar-refractivity contribution < 1.29 is 4.42 Å². The lowest BCUT2D eigenvalue weighted by atomic mass is 9.93. The maximum absolute atomic E-state index is 8.92. The van der Waals surface area contributed by atoms with Crippen LogP contribution in [0.15, 0.2) is 95.4 Å². The first-order valence-corrected chi connectivity index (χ1v) is 9.37. The summed E-state index contributed by atoms with van der Waals surface area (Å²) in [5.41, 5.74) is 7.37. The van der Waals surface area contributed by atoms with Crippen molar-refractivity contribution in [2.45, 2.75) is 6.92 Å². The highest BCUT2D eigenvalue weighted by Crippen LogP contribution is 2.36. The number of hydrogen-bond acceptors (Lipinski definition) is 2. The first-order chi connectivity index (χ1) is 13.7. The van der Waals surface area contributed by atoms with Gasteiger partial charge < -0.3 is 4.42 Å². The molecule has 0 unspecified atom stereocenters. The van der Waals surface area contributed by atoms with Crippen molar-refractivity contribution in [2.24, 2.45) is 0 Å². The Kier molecular flexibility index (Phi) is 3.84. The molecule has 2 heteroatoms. The number of aryl methyl sites for hydroxylation is 1. The molecule has 1 aromatic heterocycles. The van der Waals surface area contributed by atoms with Gasteiger partial charge in [-0.1, -0.05) is 78.4 Å². The molecule has 0 saturated carbocycles. The van der Waals surface area contributed by atoms with Gasteiger partial charge in [-0.3, -0.25) is 5.41 Å². The van der Waals surface area contributed by atoms with E-state index in [0.717, 1.165) is 44.2 Å². The number of furan rings is 1. The predicted molar refractivity (Wildman–Crippen MR) is 116 cm³/mol. The van der Waals surface area contributed by atoms with Gasteiger partial charge in [0, 0.05) is 21.9 Å². The Labute approximate surface area is 163 Å². The Morgan fingerprint density at radius 2 is 1.43 bits per heavy atom. The topological polar surface area (TPSA) is 37.0 Å². The summed E-state index contributed by atoms with van der Waals surface area (Å²) in [4.78, 5) is 0. The average Bonchev–Trinajstić information content (AvgIpc) is 3.12. The van der Waals surface area contributed by atoms with Crippen molar-refractivity contribution in [3.63, 3.8) is 0 Å². The number of hydrogen-bond donors (Lipinski definition) is 1. The molecule has 5 aromatic rings. The molecule has 4 aromatic carbocycles. The van der Waals surface area contributed by atoms with E-state index in [1.807, 2.05) is 48.5 Å². The van der Waals surface area contributed by atoms with Crippen LogP contribution in [0.25, 0.3) is 33.1 Å². The summed E-state index contributed by atoms with van der Waals surface area (Å²) in [6, 6.07) is 30.6. The number of rotatable bonds is 3. The molecule has 2 nitrogen and oxygen atoms in total. The maximum Gasteiger partial charge on any atom is 0.136 e. The minimum absolute atomic E-state index is 0.506. The minimum Gasteiger partial charge on any atom is -0.456 e. The third-order valence-electron chi connectivity index (χ3n) is 5.20. The fourth-order valence-electron chi connectivity index (χ4n) is 3.72. The second kappa shape index (κ2) is 6.50. The van der Waals surface area contributed by atoms with Gasteiger partial charge in [0.1, 0.15) is 11.2 Å². The zero-order chi connectivity index (χ0) is 19.1. The zero-order valence-corrected chi connectivity index (χ0v) is 15.6. The van der Waals surface area contributed by atoms with E-state index in [-0.39, 0.29) is 0 Å². The largest absolute Gasteiger partial charge is 0.456 e. The zero-order valence-electron chi connectivity index (χ0n) is 15.6. The highest BCUT2D eigenvalue weighted by molar-refractivity contribution is 6.23. The molecular weight excluding hydrogens is 342 g/mol. The monoisotopic (exact) mass is 361 g/mol. The van der Waals surface area contributed by atoms with Crippen LogP contribution in [0.1, 0.15) is 16.7 Å². The standard InChI is InChI=1S/C26H19NO/c1-17-11-13-18(14-12-17)20-15-22(26(27)19-7-3-2-4-8-19)25-21-9-5-6-10-23(21)28-24(25)16-20/h2-16,27H,1H3. The SMILES string of the molecule is Cc1ccc(-c2cc(C(=N)c3ccccc3)c3c(c2)oc2ccccc23)cc1. The van der Waals surface area contributed by atoms with Gasteiger partial charge >= 0.3 is 0 Å². The van der Waals surface area contributed by atoms with Crippen molar-refractivity contribution in [1.82, 2.24) is 0 Å². The summed E-state index contributed by atoms with van der Waals surface area (Å²) in [5, 5.41) is 11.0. The van der Waals surface area contributed by atoms with Crippen LogP contribution in [0.5, 0.6) is 0 Å². The maximum atomic E-state index is 8.92. The Bertz CT molecular complexity index is 1310. The fourth-order valence-corrected chi connectivity index (χ4v) is 3.72. The molecule has 1 N–H and O–H groups in total. The lowest BCUT2D eigenvalue weighted by Crippen LogP contribution is -2.02. The molecule has 0 amide bonds. The third-order valence-corrected chi connectivity index (χ3v) is 5.20.